The lowest BCUT2D eigenvalue weighted by Gasteiger charge is -2.29. The van der Waals surface area contributed by atoms with Gasteiger partial charge in [0, 0.05) is 24.1 Å². The SMILES string of the molecule is Nc1ccc2c(c1)CCCN2C(=O)c1ccc(Cl)cn1. The van der Waals surface area contributed by atoms with E-state index < -0.39 is 0 Å². The van der Waals surface area contributed by atoms with Gasteiger partial charge in [-0.15, -0.1) is 0 Å². The average molecular weight is 288 g/mol. The third-order valence-electron chi connectivity index (χ3n) is 3.41. The lowest BCUT2D eigenvalue weighted by Crippen LogP contribution is -2.36. The Hall–Kier alpha value is -2.07. The highest BCUT2D eigenvalue weighted by Gasteiger charge is 2.24. The number of nitrogens with zero attached hydrogens (tertiary/aromatic N) is 2. The van der Waals surface area contributed by atoms with Crippen LogP contribution in [-0.4, -0.2) is 17.4 Å². The van der Waals surface area contributed by atoms with Crippen molar-refractivity contribution in [3.63, 3.8) is 0 Å². The second-order valence-corrected chi connectivity index (χ2v) is 5.25. The Morgan fingerprint density at radius 2 is 2.15 bits per heavy atom. The number of aromatic nitrogens is 1. The van der Waals surface area contributed by atoms with Crippen LogP contribution in [0.5, 0.6) is 0 Å². The predicted octanol–water partition coefficient (Wildman–Crippen LogP) is 2.91. The normalized spacial score (nSPS) is 13.9. The number of nitrogens with two attached hydrogens (primary N) is 1. The maximum Gasteiger partial charge on any atom is 0.276 e. The maximum absolute atomic E-state index is 12.5. The molecule has 1 amide bonds. The molecule has 2 aromatic rings. The summed E-state index contributed by atoms with van der Waals surface area (Å²) in [6, 6.07) is 8.98. The standard InChI is InChI=1S/C15H14ClN3O/c16-11-3-5-13(18-9-11)15(20)19-7-1-2-10-8-12(17)4-6-14(10)19/h3-6,8-9H,1-2,7,17H2. The van der Waals surface area contributed by atoms with Gasteiger partial charge in [0.15, 0.2) is 0 Å². The van der Waals surface area contributed by atoms with E-state index in [0.29, 0.717) is 17.3 Å². The van der Waals surface area contributed by atoms with Gasteiger partial charge in [0.05, 0.1) is 5.02 Å². The largest absolute Gasteiger partial charge is 0.399 e. The van der Waals surface area contributed by atoms with Gasteiger partial charge in [-0.25, -0.2) is 4.98 Å². The third-order valence-corrected chi connectivity index (χ3v) is 3.64. The fourth-order valence-electron chi connectivity index (χ4n) is 2.47. The minimum absolute atomic E-state index is 0.104. The molecule has 0 fully saturated rings. The number of nitrogen functional groups attached to an aromatic ring is 1. The van der Waals surface area contributed by atoms with E-state index in [2.05, 4.69) is 4.98 Å². The molecule has 0 saturated carbocycles. The minimum Gasteiger partial charge on any atom is -0.399 e. The van der Waals surface area contributed by atoms with Crippen LogP contribution in [-0.2, 0) is 6.42 Å². The summed E-state index contributed by atoms with van der Waals surface area (Å²) in [5.41, 5.74) is 8.96. The van der Waals surface area contributed by atoms with Crippen molar-refractivity contribution in [2.24, 2.45) is 0 Å². The smallest absolute Gasteiger partial charge is 0.276 e. The molecule has 0 radical (unpaired) electrons. The quantitative estimate of drug-likeness (QED) is 0.821. The zero-order valence-corrected chi connectivity index (χ0v) is 11.6. The van der Waals surface area contributed by atoms with Crippen LogP contribution < -0.4 is 10.6 Å². The molecule has 4 nitrogen and oxygen atoms in total. The van der Waals surface area contributed by atoms with E-state index in [9.17, 15) is 4.79 Å². The predicted molar refractivity (Wildman–Crippen MR) is 80.1 cm³/mol. The summed E-state index contributed by atoms with van der Waals surface area (Å²) in [7, 11) is 0. The number of carbonyl (C=O) groups is 1. The second-order valence-electron chi connectivity index (χ2n) is 4.81. The number of amides is 1. The van der Waals surface area contributed by atoms with E-state index >= 15 is 0 Å². The summed E-state index contributed by atoms with van der Waals surface area (Å²) in [5, 5.41) is 0.522. The van der Waals surface area contributed by atoms with Crippen molar-refractivity contribution in [3.05, 3.63) is 52.8 Å². The summed E-state index contributed by atoms with van der Waals surface area (Å²) in [6.45, 7) is 0.695. The van der Waals surface area contributed by atoms with Gasteiger partial charge in [-0.1, -0.05) is 11.6 Å². The third kappa shape index (κ3) is 2.34. The van der Waals surface area contributed by atoms with Crippen molar-refractivity contribution < 1.29 is 4.79 Å². The molecule has 20 heavy (non-hydrogen) atoms. The van der Waals surface area contributed by atoms with Crippen LogP contribution in [0.15, 0.2) is 36.5 Å². The molecule has 102 valence electrons. The molecule has 2 heterocycles. The van der Waals surface area contributed by atoms with Crippen LogP contribution in [0.1, 0.15) is 22.5 Å². The maximum atomic E-state index is 12.5. The van der Waals surface area contributed by atoms with Crippen LogP contribution in [0.25, 0.3) is 0 Å². The van der Waals surface area contributed by atoms with Gasteiger partial charge >= 0.3 is 0 Å². The van der Waals surface area contributed by atoms with Crippen molar-refractivity contribution >= 4 is 28.9 Å². The number of fused-ring (bicyclic) bond motifs is 1. The van der Waals surface area contributed by atoms with Crippen molar-refractivity contribution in [3.8, 4) is 0 Å². The van der Waals surface area contributed by atoms with E-state index in [0.717, 1.165) is 29.8 Å². The number of pyridine rings is 1. The number of halogens is 1. The summed E-state index contributed by atoms with van der Waals surface area (Å²) in [5.74, 6) is -0.104. The zero-order valence-electron chi connectivity index (χ0n) is 10.8. The molecule has 5 heteroatoms. The number of anilines is 2. The summed E-state index contributed by atoms with van der Waals surface area (Å²) in [4.78, 5) is 18.4. The van der Waals surface area contributed by atoms with Gasteiger partial charge in [-0.05, 0) is 48.7 Å². The van der Waals surface area contributed by atoms with Crippen LogP contribution in [0.2, 0.25) is 5.02 Å². The highest BCUT2D eigenvalue weighted by Crippen LogP contribution is 2.29. The topological polar surface area (TPSA) is 59.2 Å². The molecule has 0 saturated heterocycles. The first-order valence-corrected chi connectivity index (χ1v) is 6.85. The molecule has 1 aliphatic heterocycles. The molecule has 3 rings (SSSR count). The van der Waals surface area contributed by atoms with E-state index in [1.807, 2.05) is 18.2 Å². The highest BCUT2D eigenvalue weighted by molar-refractivity contribution is 6.30. The van der Waals surface area contributed by atoms with Crippen molar-refractivity contribution in [2.75, 3.05) is 17.2 Å². The van der Waals surface area contributed by atoms with E-state index in [1.54, 1.807) is 17.0 Å². The Labute approximate surface area is 122 Å². The van der Waals surface area contributed by atoms with Gasteiger partial charge in [0.1, 0.15) is 5.69 Å². The van der Waals surface area contributed by atoms with Crippen molar-refractivity contribution in [2.45, 2.75) is 12.8 Å². The van der Waals surface area contributed by atoms with Gasteiger partial charge in [0.2, 0.25) is 0 Å². The molecule has 0 spiro atoms. The van der Waals surface area contributed by atoms with Crippen molar-refractivity contribution in [1.29, 1.82) is 0 Å². The van der Waals surface area contributed by atoms with Crippen LogP contribution in [0.4, 0.5) is 11.4 Å². The molecular formula is C15H14ClN3O. The molecule has 0 atom stereocenters. The van der Waals surface area contributed by atoms with Gasteiger partial charge in [0.25, 0.3) is 5.91 Å². The Kier molecular flexibility index (Phi) is 3.32. The molecule has 1 aromatic carbocycles. The molecule has 1 aliphatic rings. The Bertz CT molecular complexity index is 655. The monoisotopic (exact) mass is 287 g/mol. The highest BCUT2D eigenvalue weighted by atomic mass is 35.5. The van der Waals surface area contributed by atoms with Crippen LogP contribution >= 0.6 is 11.6 Å². The number of hydrogen-bond acceptors (Lipinski definition) is 3. The minimum atomic E-state index is -0.104. The molecule has 0 bridgehead atoms. The van der Waals surface area contributed by atoms with E-state index in [-0.39, 0.29) is 5.91 Å². The molecule has 0 aliphatic carbocycles. The first-order chi connectivity index (χ1) is 9.65. The number of benzene rings is 1. The van der Waals surface area contributed by atoms with Gasteiger partial charge in [-0.3, -0.25) is 4.79 Å². The summed E-state index contributed by atoms with van der Waals surface area (Å²) >= 11 is 5.80. The molecule has 1 aromatic heterocycles. The number of aryl methyl sites for hydroxylation is 1. The first-order valence-electron chi connectivity index (χ1n) is 6.47. The fraction of sp³-hybridized carbons (Fsp3) is 0.200. The fourth-order valence-corrected chi connectivity index (χ4v) is 2.58. The molecule has 0 unspecified atom stereocenters. The number of hydrogen-bond donors (Lipinski definition) is 1. The molecule has 2 N–H and O–H groups in total. The van der Waals surface area contributed by atoms with Crippen molar-refractivity contribution in [1.82, 2.24) is 4.98 Å². The lowest BCUT2D eigenvalue weighted by molar-refractivity contribution is 0.0980. The first kappa shape index (κ1) is 12.9. The Balaban J connectivity index is 1.96. The van der Waals surface area contributed by atoms with Gasteiger partial charge in [-0.2, -0.15) is 0 Å². The van der Waals surface area contributed by atoms with E-state index in [4.69, 9.17) is 17.3 Å². The van der Waals surface area contributed by atoms with Crippen LogP contribution in [0.3, 0.4) is 0 Å². The summed E-state index contributed by atoms with van der Waals surface area (Å²) in [6.07, 6.45) is 3.36. The summed E-state index contributed by atoms with van der Waals surface area (Å²) < 4.78 is 0. The Morgan fingerprint density at radius 3 is 2.90 bits per heavy atom. The average Bonchev–Trinajstić information content (AvgIpc) is 2.46. The second kappa shape index (κ2) is 5.13. The number of carbonyl (C=O) groups excluding carboxylic acids is 1. The van der Waals surface area contributed by atoms with E-state index in [1.165, 1.54) is 6.20 Å². The molecular weight excluding hydrogens is 274 g/mol. The zero-order chi connectivity index (χ0) is 14.1. The van der Waals surface area contributed by atoms with Gasteiger partial charge < -0.3 is 10.6 Å². The number of rotatable bonds is 1. The lowest BCUT2D eigenvalue weighted by atomic mass is 10.0. The van der Waals surface area contributed by atoms with Crippen LogP contribution in [0, 0.1) is 0 Å². The Morgan fingerprint density at radius 1 is 1.30 bits per heavy atom.